The van der Waals surface area contributed by atoms with Crippen molar-refractivity contribution in [1.82, 2.24) is 19.8 Å². The molecule has 2 saturated heterocycles. The summed E-state index contributed by atoms with van der Waals surface area (Å²) in [5, 5.41) is 3.47. The fraction of sp³-hybridized carbons (Fsp3) is 0.444. The Labute approximate surface area is 300 Å². The normalized spacial score (nSPS) is 17.8. The number of anilines is 2. The van der Waals surface area contributed by atoms with E-state index in [1.807, 2.05) is 21.9 Å². The van der Waals surface area contributed by atoms with Gasteiger partial charge in [0, 0.05) is 67.2 Å². The fourth-order valence-corrected chi connectivity index (χ4v) is 8.31. The van der Waals surface area contributed by atoms with Gasteiger partial charge in [-0.2, -0.15) is 4.98 Å². The van der Waals surface area contributed by atoms with E-state index < -0.39 is 6.04 Å². The van der Waals surface area contributed by atoms with Gasteiger partial charge in [-0.1, -0.05) is 54.1 Å². The molecule has 50 heavy (non-hydrogen) atoms. The highest BCUT2D eigenvalue weighted by atomic mass is 32.2. The highest BCUT2D eigenvalue weighted by molar-refractivity contribution is 8.14. The van der Waals surface area contributed by atoms with Gasteiger partial charge in [-0.05, 0) is 31.7 Å². The third-order valence-corrected chi connectivity index (χ3v) is 11.1. The van der Waals surface area contributed by atoms with Crippen molar-refractivity contribution in [3.63, 3.8) is 0 Å². The zero-order chi connectivity index (χ0) is 35.0. The Balaban J connectivity index is 1.16. The maximum absolute atomic E-state index is 13.8. The predicted octanol–water partition coefficient (Wildman–Crippen LogP) is 4.99. The number of carbonyl (C=O) groups is 4. The smallest absolute Gasteiger partial charge is 0.249 e. The van der Waals surface area contributed by atoms with Crippen molar-refractivity contribution in [2.45, 2.75) is 44.6 Å². The lowest BCUT2D eigenvalue weighted by Gasteiger charge is -2.34. The molecule has 3 aromatic rings. The van der Waals surface area contributed by atoms with Crippen LogP contribution in [-0.2, 0) is 14.4 Å². The first kappa shape index (κ1) is 35.5. The molecule has 264 valence electrons. The van der Waals surface area contributed by atoms with Crippen molar-refractivity contribution in [2.75, 3.05) is 68.0 Å². The highest BCUT2D eigenvalue weighted by Gasteiger charge is 2.35. The largest absolute Gasteiger partial charge is 0.493 e. The van der Waals surface area contributed by atoms with E-state index in [4.69, 9.17) is 19.4 Å². The molecule has 1 atom stereocenters. The number of rotatable bonds is 10. The predicted molar refractivity (Wildman–Crippen MR) is 197 cm³/mol. The van der Waals surface area contributed by atoms with E-state index in [1.54, 1.807) is 48.4 Å². The van der Waals surface area contributed by atoms with E-state index in [0.717, 1.165) is 37.4 Å². The quantitative estimate of drug-likeness (QED) is 0.284. The lowest BCUT2D eigenvalue weighted by atomic mass is 9.94. The Morgan fingerprint density at radius 2 is 1.68 bits per heavy atom. The van der Waals surface area contributed by atoms with Crippen molar-refractivity contribution in [3.8, 4) is 11.5 Å². The molecule has 1 unspecified atom stereocenters. The highest BCUT2D eigenvalue weighted by Crippen LogP contribution is 2.36. The first-order chi connectivity index (χ1) is 24.3. The molecule has 1 aliphatic carbocycles. The van der Waals surface area contributed by atoms with Crippen molar-refractivity contribution < 1.29 is 28.7 Å². The van der Waals surface area contributed by atoms with Gasteiger partial charge in [0.25, 0.3) is 0 Å². The van der Waals surface area contributed by atoms with Crippen molar-refractivity contribution >= 4 is 69.0 Å². The number of ether oxygens (including phenoxy) is 2. The minimum absolute atomic E-state index is 0.0562. The van der Waals surface area contributed by atoms with Gasteiger partial charge in [0.1, 0.15) is 11.9 Å². The number of carbonyl (C=O) groups excluding carboxylic acids is 4. The number of hydrogen-bond acceptors (Lipinski definition) is 11. The molecule has 6 rings (SSSR count). The van der Waals surface area contributed by atoms with Crippen LogP contribution in [0.5, 0.6) is 11.5 Å². The van der Waals surface area contributed by atoms with E-state index in [9.17, 15) is 19.2 Å². The molecular formula is C36H42N6O6S2. The Hall–Kier alpha value is -4.30. The second kappa shape index (κ2) is 16.6. The molecule has 3 heterocycles. The van der Waals surface area contributed by atoms with E-state index >= 15 is 0 Å². The number of methoxy groups -OCH3 is 2. The zero-order valence-corrected chi connectivity index (χ0v) is 30.0. The van der Waals surface area contributed by atoms with Crippen LogP contribution < -0.4 is 19.7 Å². The summed E-state index contributed by atoms with van der Waals surface area (Å²) in [6, 6.07) is 11.7. The van der Waals surface area contributed by atoms with Gasteiger partial charge in [0.05, 0.1) is 25.6 Å². The minimum Gasteiger partial charge on any atom is -0.493 e. The van der Waals surface area contributed by atoms with E-state index in [-0.39, 0.29) is 29.3 Å². The third-order valence-electron chi connectivity index (χ3n) is 9.19. The van der Waals surface area contributed by atoms with Gasteiger partial charge in [0.2, 0.25) is 28.8 Å². The van der Waals surface area contributed by atoms with Crippen LogP contribution in [0.15, 0.2) is 54.1 Å². The fourth-order valence-electron chi connectivity index (χ4n) is 6.36. The second-order valence-electron chi connectivity index (χ2n) is 12.4. The van der Waals surface area contributed by atoms with Crippen LogP contribution in [0.3, 0.4) is 0 Å². The average molecular weight is 719 g/mol. The Bertz CT molecular complexity index is 1760. The zero-order valence-electron chi connectivity index (χ0n) is 28.4. The van der Waals surface area contributed by atoms with Gasteiger partial charge in [0.15, 0.2) is 11.5 Å². The van der Waals surface area contributed by atoms with Crippen LogP contribution >= 0.6 is 23.5 Å². The molecule has 1 saturated carbocycles. The first-order valence-corrected chi connectivity index (χ1v) is 19.1. The molecule has 0 radical (unpaired) electrons. The summed E-state index contributed by atoms with van der Waals surface area (Å²) in [5.74, 6) is 2.32. The molecule has 1 aromatic heterocycles. The molecule has 0 spiro atoms. The van der Waals surface area contributed by atoms with Crippen LogP contribution in [0.1, 0.15) is 48.9 Å². The van der Waals surface area contributed by atoms with Crippen LogP contribution in [0.25, 0.3) is 10.9 Å². The number of benzene rings is 2. The van der Waals surface area contributed by atoms with Crippen LogP contribution in [-0.4, -0.2) is 106 Å². The van der Waals surface area contributed by atoms with Gasteiger partial charge in [-0.25, -0.2) is 4.98 Å². The molecule has 3 aliphatic rings. The van der Waals surface area contributed by atoms with Gasteiger partial charge in [-0.15, -0.1) is 11.8 Å². The summed E-state index contributed by atoms with van der Waals surface area (Å²) in [4.78, 5) is 67.7. The van der Waals surface area contributed by atoms with Crippen molar-refractivity contribution in [3.05, 3.63) is 59.7 Å². The van der Waals surface area contributed by atoms with E-state index in [2.05, 4.69) is 5.32 Å². The summed E-state index contributed by atoms with van der Waals surface area (Å²) in [6.45, 7) is 2.13. The van der Waals surface area contributed by atoms with Gasteiger partial charge in [-0.3, -0.25) is 19.2 Å². The molecule has 0 bridgehead atoms. The Morgan fingerprint density at radius 1 is 0.960 bits per heavy atom. The monoisotopic (exact) mass is 718 g/mol. The first-order valence-electron chi connectivity index (χ1n) is 16.9. The van der Waals surface area contributed by atoms with Crippen molar-refractivity contribution in [2.24, 2.45) is 0 Å². The lowest BCUT2D eigenvalue weighted by molar-refractivity contribution is -0.135. The SMILES string of the molecule is COc1cc2nc(N3CCN(C(=O)C=C4CCCCC4)CC3)nc(NC(=O)C3CSCN3C(=O)CCSC(=O)c3ccccc3)c2cc1OC. The van der Waals surface area contributed by atoms with Crippen LogP contribution in [0.2, 0.25) is 0 Å². The average Bonchev–Trinajstić information content (AvgIpc) is 3.66. The number of piperazine rings is 1. The number of amides is 3. The summed E-state index contributed by atoms with van der Waals surface area (Å²) in [5.41, 5.74) is 2.38. The second-order valence-corrected chi connectivity index (χ2v) is 14.5. The maximum Gasteiger partial charge on any atom is 0.249 e. The van der Waals surface area contributed by atoms with Crippen molar-refractivity contribution in [1.29, 1.82) is 0 Å². The molecule has 14 heteroatoms. The summed E-state index contributed by atoms with van der Waals surface area (Å²) in [7, 11) is 3.08. The number of fused-ring (bicyclic) bond motifs is 1. The topological polar surface area (TPSA) is 134 Å². The molecular weight excluding hydrogens is 677 g/mol. The summed E-state index contributed by atoms with van der Waals surface area (Å²) < 4.78 is 11.1. The standard InChI is InChI=1S/C36H42N6O6S2/c1-47-29-20-26-27(21-30(29)48-2)37-36(41-16-14-40(15-17-41)32(44)19-24-9-5-3-6-10-24)39-33(26)38-34(45)28-22-49-23-42(28)31(43)13-18-50-35(46)25-11-7-4-8-12-25/h4,7-8,11-12,19-21,28H,3,5-6,9-10,13-18,22-23H2,1-2H3,(H,37,38,39,45). The summed E-state index contributed by atoms with van der Waals surface area (Å²) in [6.07, 6.45) is 7.48. The van der Waals surface area contributed by atoms with Crippen LogP contribution in [0.4, 0.5) is 11.8 Å². The van der Waals surface area contributed by atoms with E-state index in [0.29, 0.717) is 83.3 Å². The molecule has 12 nitrogen and oxygen atoms in total. The maximum atomic E-state index is 13.8. The number of allylic oxidation sites excluding steroid dienone is 1. The molecule has 2 aliphatic heterocycles. The van der Waals surface area contributed by atoms with Gasteiger partial charge >= 0.3 is 0 Å². The number of nitrogens with zero attached hydrogens (tertiary/aromatic N) is 5. The van der Waals surface area contributed by atoms with Crippen LogP contribution in [0, 0.1) is 0 Å². The summed E-state index contributed by atoms with van der Waals surface area (Å²) >= 11 is 2.60. The molecule has 1 N–H and O–H groups in total. The number of thioether (sulfide) groups is 2. The number of aromatic nitrogens is 2. The number of nitrogens with one attached hydrogen (secondary N) is 1. The Kier molecular flexibility index (Phi) is 11.8. The van der Waals surface area contributed by atoms with E-state index in [1.165, 1.54) is 30.9 Å². The molecule has 2 aromatic carbocycles. The number of hydrogen-bond donors (Lipinski definition) is 1. The lowest BCUT2D eigenvalue weighted by Crippen LogP contribution is -2.49. The molecule has 3 amide bonds. The Morgan fingerprint density at radius 3 is 2.40 bits per heavy atom. The minimum atomic E-state index is -0.705. The van der Waals surface area contributed by atoms with Gasteiger partial charge < -0.3 is 29.5 Å². The molecule has 3 fully saturated rings. The third kappa shape index (κ3) is 8.35.